The van der Waals surface area contributed by atoms with Crippen LogP contribution in [-0.4, -0.2) is 11.5 Å². The first-order chi connectivity index (χ1) is 5.41. The molecule has 0 spiro atoms. The van der Waals surface area contributed by atoms with Crippen molar-refractivity contribution in [3.8, 4) is 0 Å². The monoisotopic (exact) mass is 172 g/mol. The number of hydrogen-bond donors (Lipinski definition) is 0. The van der Waals surface area contributed by atoms with Gasteiger partial charge in [0.05, 0.1) is 0 Å². The molecule has 0 aliphatic heterocycles. The van der Waals surface area contributed by atoms with E-state index < -0.39 is 0 Å². The average molecular weight is 172 g/mol. The summed E-state index contributed by atoms with van der Waals surface area (Å²) in [6, 6.07) is 0. The predicted molar refractivity (Wildman–Crippen MR) is 56.3 cm³/mol. The molecule has 1 heteroatoms. The molecule has 0 nitrogen and oxygen atoms in total. The van der Waals surface area contributed by atoms with Crippen LogP contribution in [0.15, 0.2) is 12.2 Å². The molecule has 0 heterocycles. The van der Waals surface area contributed by atoms with Crippen LogP contribution in [0.1, 0.15) is 39.5 Å². The molecule has 66 valence electrons. The minimum absolute atomic E-state index is 1.20. The van der Waals surface area contributed by atoms with Crippen molar-refractivity contribution in [2.24, 2.45) is 0 Å². The topological polar surface area (TPSA) is 0 Å². The molecule has 0 unspecified atom stereocenters. The van der Waals surface area contributed by atoms with Crippen molar-refractivity contribution < 1.29 is 0 Å². The summed E-state index contributed by atoms with van der Waals surface area (Å²) in [5.41, 5.74) is 0. The molecule has 0 N–H and O–H groups in total. The second kappa shape index (κ2) is 10.1. The van der Waals surface area contributed by atoms with Crippen LogP contribution in [0, 0.1) is 0 Å². The minimum Gasteiger partial charge on any atom is -0.158 e. The molecular formula is C10H20S. The van der Waals surface area contributed by atoms with Crippen LogP contribution in [0.5, 0.6) is 0 Å². The van der Waals surface area contributed by atoms with E-state index in [2.05, 4.69) is 26.0 Å². The second-order valence-corrected chi connectivity index (χ2v) is 3.85. The fourth-order valence-corrected chi connectivity index (χ4v) is 1.78. The average Bonchev–Trinajstić information content (AvgIpc) is 2.03. The Balaban J connectivity index is 2.79. The lowest BCUT2D eigenvalue weighted by Crippen LogP contribution is -1.81. The highest BCUT2D eigenvalue weighted by atomic mass is 32.2. The maximum absolute atomic E-state index is 2.26. The quantitative estimate of drug-likeness (QED) is 0.415. The standard InChI is InChI=1S/C10H20S/c1-3-5-7-8-10-11-9-6-4-2/h4,6H,3,5,7-10H2,1-2H3/b6-4+. The van der Waals surface area contributed by atoms with Crippen molar-refractivity contribution in [1.82, 2.24) is 0 Å². The summed E-state index contributed by atoms with van der Waals surface area (Å²) in [5.74, 6) is 2.53. The van der Waals surface area contributed by atoms with Crippen LogP contribution >= 0.6 is 11.8 Å². The number of unbranched alkanes of at least 4 members (excludes halogenated alkanes) is 3. The first-order valence-electron chi connectivity index (χ1n) is 4.60. The lowest BCUT2D eigenvalue weighted by atomic mass is 10.2. The Labute approximate surface area is 75.5 Å². The Bertz CT molecular complexity index is 86.9. The Morgan fingerprint density at radius 1 is 1.18 bits per heavy atom. The SMILES string of the molecule is C/C=C/CSCCCCCC. The molecule has 0 aromatic heterocycles. The highest BCUT2D eigenvalue weighted by molar-refractivity contribution is 7.99. The third-order valence-electron chi connectivity index (χ3n) is 1.59. The van der Waals surface area contributed by atoms with E-state index in [9.17, 15) is 0 Å². The first kappa shape index (κ1) is 11.1. The van der Waals surface area contributed by atoms with Crippen LogP contribution in [0.4, 0.5) is 0 Å². The summed E-state index contributed by atoms with van der Waals surface area (Å²) < 4.78 is 0. The predicted octanol–water partition coefficient (Wildman–Crippen LogP) is 3.88. The van der Waals surface area contributed by atoms with Gasteiger partial charge in [-0.25, -0.2) is 0 Å². The fourth-order valence-electron chi connectivity index (χ4n) is 0.879. The molecule has 0 saturated carbocycles. The molecule has 0 amide bonds. The van der Waals surface area contributed by atoms with E-state index in [1.165, 1.54) is 37.2 Å². The molecule has 0 aromatic rings. The maximum Gasteiger partial charge on any atom is 0.0113 e. The lowest BCUT2D eigenvalue weighted by molar-refractivity contribution is 0.706. The van der Waals surface area contributed by atoms with Gasteiger partial charge in [0.2, 0.25) is 0 Å². The maximum atomic E-state index is 2.26. The van der Waals surface area contributed by atoms with Crippen molar-refractivity contribution in [2.45, 2.75) is 39.5 Å². The zero-order chi connectivity index (χ0) is 8.36. The number of thioether (sulfide) groups is 1. The molecule has 11 heavy (non-hydrogen) atoms. The van der Waals surface area contributed by atoms with Crippen LogP contribution < -0.4 is 0 Å². The zero-order valence-corrected chi connectivity index (χ0v) is 8.62. The molecule has 0 aliphatic rings. The Hall–Kier alpha value is 0.0900. The Morgan fingerprint density at radius 2 is 2.00 bits per heavy atom. The van der Waals surface area contributed by atoms with E-state index in [1.54, 1.807) is 0 Å². The first-order valence-corrected chi connectivity index (χ1v) is 5.76. The lowest BCUT2D eigenvalue weighted by Gasteiger charge is -1.97. The fraction of sp³-hybridized carbons (Fsp3) is 0.800. The third-order valence-corrected chi connectivity index (χ3v) is 2.60. The van der Waals surface area contributed by atoms with Crippen molar-refractivity contribution in [3.05, 3.63) is 12.2 Å². The molecule has 0 radical (unpaired) electrons. The Morgan fingerprint density at radius 3 is 2.64 bits per heavy atom. The smallest absolute Gasteiger partial charge is 0.0113 e. The molecule has 0 aliphatic carbocycles. The van der Waals surface area contributed by atoms with Crippen molar-refractivity contribution >= 4 is 11.8 Å². The van der Waals surface area contributed by atoms with E-state index in [4.69, 9.17) is 0 Å². The van der Waals surface area contributed by atoms with Crippen molar-refractivity contribution in [2.75, 3.05) is 11.5 Å². The molecule has 0 aromatic carbocycles. The summed E-state index contributed by atoms with van der Waals surface area (Å²) in [7, 11) is 0. The van der Waals surface area contributed by atoms with Gasteiger partial charge in [-0.3, -0.25) is 0 Å². The van der Waals surface area contributed by atoms with Crippen LogP contribution in [0.2, 0.25) is 0 Å². The van der Waals surface area contributed by atoms with E-state index in [0.29, 0.717) is 0 Å². The summed E-state index contributed by atoms with van der Waals surface area (Å²) >= 11 is 2.04. The highest BCUT2D eigenvalue weighted by Crippen LogP contribution is 2.07. The highest BCUT2D eigenvalue weighted by Gasteiger charge is 1.86. The molecule has 0 fully saturated rings. The summed E-state index contributed by atoms with van der Waals surface area (Å²) in [6.45, 7) is 4.34. The van der Waals surface area contributed by atoms with Gasteiger partial charge in [-0.1, -0.05) is 38.3 Å². The van der Waals surface area contributed by atoms with Crippen molar-refractivity contribution in [3.63, 3.8) is 0 Å². The van der Waals surface area contributed by atoms with Crippen LogP contribution in [0.25, 0.3) is 0 Å². The minimum atomic E-state index is 1.20. The summed E-state index contributed by atoms with van der Waals surface area (Å²) in [6.07, 6.45) is 9.92. The van der Waals surface area contributed by atoms with Gasteiger partial charge >= 0.3 is 0 Å². The molecule has 0 saturated heterocycles. The number of rotatable bonds is 7. The molecule has 0 atom stereocenters. The largest absolute Gasteiger partial charge is 0.158 e. The van der Waals surface area contributed by atoms with E-state index in [-0.39, 0.29) is 0 Å². The number of allylic oxidation sites excluding steroid dienone is 1. The van der Waals surface area contributed by atoms with E-state index in [0.717, 1.165) is 0 Å². The van der Waals surface area contributed by atoms with Gasteiger partial charge in [-0.15, -0.1) is 0 Å². The molecule has 0 bridgehead atoms. The van der Waals surface area contributed by atoms with Crippen LogP contribution in [-0.2, 0) is 0 Å². The van der Waals surface area contributed by atoms with Gasteiger partial charge in [-0.2, -0.15) is 11.8 Å². The molecular weight excluding hydrogens is 152 g/mol. The Kier molecular flexibility index (Phi) is 10.2. The van der Waals surface area contributed by atoms with Gasteiger partial charge in [0.15, 0.2) is 0 Å². The summed E-state index contributed by atoms with van der Waals surface area (Å²) in [4.78, 5) is 0. The van der Waals surface area contributed by atoms with Gasteiger partial charge in [0.1, 0.15) is 0 Å². The van der Waals surface area contributed by atoms with E-state index in [1.807, 2.05) is 11.8 Å². The van der Waals surface area contributed by atoms with E-state index >= 15 is 0 Å². The number of hydrogen-bond acceptors (Lipinski definition) is 1. The third kappa shape index (κ3) is 10.1. The summed E-state index contributed by atoms with van der Waals surface area (Å²) in [5, 5.41) is 0. The normalized spacial score (nSPS) is 11.1. The van der Waals surface area contributed by atoms with Gasteiger partial charge in [0, 0.05) is 5.75 Å². The molecule has 0 rings (SSSR count). The van der Waals surface area contributed by atoms with Gasteiger partial charge < -0.3 is 0 Å². The van der Waals surface area contributed by atoms with Gasteiger partial charge in [0.25, 0.3) is 0 Å². The zero-order valence-electron chi connectivity index (χ0n) is 7.81. The van der Waals surface area contributed by atoms with Crippen molar-refractivity contribution in [1.29, 1.82) is 0 Å². The van der Waals surface area contributed by atoms with Crippen LogP contribution in [0.3, 0.4) is 0 Å². The second-order valence-electron chi connectivity index (χ2n) is 2.70. The van der Waals surface area contributed by atoms with Gasteiger partial charge in [-0.05, 0) is 19.1 Å².